The second-order valence-electron chi connectivity index (χ2n) is 7.36. The lowest BCUT2D eigenvalue weighted by Gasteiger charge is -2.41. The van der Waals surface area contributed by atoms with Crippen molar-refractivity contribution in [2.24, 2.45) is 11.3 Å². The van der Waals surface area contributed by atoms with Gasteiger partial charge in [-0.1, -0.05) is 6.42 Å². The van der Waals surface area contributed by atoms with Gasteiger partial charge < -0.3 is 9.80 Å². The van der Waals surface area contributed by atoms with Crippen LogP contribution >= 0.6 is 0 Å². The maximum absolute atomic E-state index is 4.45. The molecule has 114 valence electrons. The maximum Gasteiger partial charge on any atom is 0.225 e. The third-order valence-corrected chi connectivity index (χ3v) is 5.75. The van der Waals surface area contributed by atoms with Crippen molar-refractivity contribution < 1.29 is 0 Å². The summed E-state index contributed by atoms with van der Waals surface area (Å²) < 4.78 is 0. The van der Waals surface area contributed by atoms with E-state index in [1.54, 1.807) is 0 Å². The number of aromatic nitrogens is 2. The summed E-state index contributed by atoms with van der Waals surface area (Å²) in [5.74, 6) is 1.92. The van der Waals surface area contributed by atoms with Gasteiger partial charge in [0.15, 0.2) is 0 Å². The van der Waals surface area contributed by atoms with E-state index in [-0.39, 0.29) is 0 Å². The van der Waals surface area contributed by atoms with Crippen molar-refractivity contribution in [2.75, 3.05) is 37.6 Å². The Bertz CT molecular complexity index is 473. The summed E-state index contributed by atoms with van der Waals surface area (Å²) in [5.41, 5.74) is 0.501. The van der Waals surface area contributed by atoms with E-state index in [0.717, 1.165) is 25.0 Å². The molecule has 1 aliphatic carbocycles. The van der Waals surface area contributed by atoms with Crippen LogP contribution in [0.4, 0.5) is 5.95 Å². The molecule has 0 aromatic carbocycles. The molecule has 2 aliphatic heterocycles. The van der Waals surface area contributed by atoms with Gasteiger partial charge in [0, 0.05) is 44.0 Å². The van der Waals surface area contributed by atoms with E-state index in [0.29, 0.717) is 5.41 Å². The van der Waals surface area contributed by atoms with Crippen LogP contribution in [0.1, 0.15) is 38.5 Å². The maximum atomic E-state index is 4.45. The second kappa shape index (κ2) is 5.56. The van der Waals surface area contributed by atoms with Gasteiger partial charge in [-0.2, -0.15) is 0 Å². The number of anilines is 1. The van der Waals surface area contributed by atoms with Gasteiger partial charge in [0.05, 0.1) is 0 Å². The van der Waals surface area contributed by atoms with E-state index >= 15 is 0 Å². The fourth-order valence-corrected chi connectivity index (χ4v) is 4.39. The van der Waals surface area contributed by atoms with Crippen molar-refractivity contribution in [3.8, 4) is 0 Å². The molecule has 3 aliphatic rings. The lowest BCUT2D eigenvalue weighted by Crippen LogP contribution is -2.46. The van der Waals surface area contributed by atoms with Crippen molar-refractivity contribution in [1.29, 1.82) is 0 Å². The van der Waals surface area contributed by atoms with Crippen LogP contribution in [-0.4, -0.2) is 47.6 Å². The molecule has 1 aromatic heterocycles. The number of likely N-dealkylation sites (tertiary alicyclic amines) is 1. The first kappa shape index (κ1) is 13.5. The minimum atomic E-state index is 0.501. The van der Waals surface area contributed by atoms with Gasteiger partial charge in [-0.05, 0) is 50.6 Å². The number of hydrogen-bond donors (Lipinski definition) is 0. The highest BCUT2D eigenvalue weighted by Crippen LogP contribution is 2.40. The fraction of sp³-hybridized carbons (Fsp3) is 0.765. The second-order valence-corrected chi connectivity index (χ2v) is 7.36. The van der Waals surface area contributed by atoms with Gasteiger partial charge in [0.2, 0.25) is 5.95 Å². The van der Waals surface area contributed by atoms with Crippen LogP contribution in [0.5, 0.6) is 0 Å². The van der Waals surface area contributed by atoms with Gasteiger partial charge >= 0.3 is 0 Å². The molecule has 4 rings (SSSR count). The molecule has 1 saturated carbocycles. The molecule has 21 heavy (non-hydrogen) atoms. The third-order valence-electron chi connectivity index (χ3n) is 5.75. The molecule has 0 N–H and O–H groups in total. The first-order valence-corrected chi connectivity index (χ1v) is 8.57. The number of hydrogen-bond acceptors (Lipinski definition) is 4. The van der Waals surface area contributed by atoms with E-state index < -0.39 is 0 Å². The van der Waals surface area contributed by atoms with Gasteiger partial charge in [0.25, 0.3) is 0 Å². The summed E-state index contributed by atoms with van der Waals surface area (Å²) in [6.07, 6.45) is 12.2. The molecule has 4 heteroatoms. The highest BCUT2D eigenvalue weighted by atomic mass is 15.3. The van der Waals surface area contributed by atoms with Crippen LogP contribution in [0.15, 0.2) is 18.5 Å². The van der Waals surface area contributed by atoms with Gasteiger partial charge in [-0.25, -0.2) is 9.97 Å². The summed E-state index contributed by atoms with van der Waals surface area (Å²) in [6, 6.07) is 1.90. The highest BCUT2D eigenvalue weighted by Gasteiger charge is 2.42. The van der Waals surface area contributed by atoms with Crippen LogP contribution in [-0.2, 0) is 0 Å². The Hall–Kier alpha value is -1.16. The lowest BCUT2D eigenvalue weighted by molar-refractivity contribution is 0.172. The molecule has 0 bridgehead atoms. The Labute approximate surface area is 127 Å². The van der Waals surface area contributed by atoms with E-state index in [1.807, 2.05) is 18.5 Å². The Morgan fingerprint density at radius 1 is 1.05 bits per heavy atom. The Morgan fingerprint density at radius 2 is 1.90 bits per heavy atom. The zero-order chi connectivity index (χ0) is 14.1. The van der Waals surface area contributed by atoms with E-state index in [9.17, 15) is 0 Å². The van der Waals surface area contributed by atoms with Crippen molar-refractivity contribution in [3.63, 3.8) is 0 Å². The summed E-state index contributed by atoms with van der Waals surface area (Å²) in [7, 11) is 0. The average Bonchev–Trinajstić information content (AvgIpc) is 2.86. The third kappa shape index (κ3) is 2.78. The minimum Gasteiger partial charge on any atom is -0.340 e. The number of piperidine rings is 1. The highest BCUT2D eigenvalue weighted by molar-refractivity contribution is 5.30. The Balaban J connectivity index is 1.40. The van der Waals surface area contributed by atoms with Crippen LogP contribution in [0, 0.1) is 11.3 Å². The zero-order valence-electron chi connectivity index (χ0n) is 12.9. The molecule has 0 radical (unpaired) electrons. The van der Waals surface area contributed by atoms with E-state index in [1.165, 1.54) is 58.2 Å². The lowest BCUT2D eigenvalue weighted by atomic mass is 9.79. The molecule has 3 heterocycles. The summed E-state index contributed by atoms with van der Waals surface area (Å²) >= 11 is 0. The zero-order valence-corrected chi connectivity index (χ0v) is 12.9. The number of rotatable bonds is 3. The topological polar surface area (TPSA) is 32.3 Å². The fourth-order valence-electron chi connectivity index (χ4n) is 4.39. The Morgan fingerprint density at radius 3 is 2.67 bits per heavy atom. The molecule has 1 atom stereocenters. The predicted octanol–water partition coefficient (Wildman–Crippen LogP) is 2.57. The van der Waals surface area contributed by atoms with Crippen molar-refractivity contribution >= 4 is 5.95 Å². The van der Waals surface area contributed by atoms with Crippen molar-refractivity contribution in [3.05, 3.63) is 18.5 Å². The smallest absolute Gasteiger partial charge is 0.225 e. The van der Waals surface area contributed by atoms with Crippen LogP contribution < -0.4 is 4.90 Å². The summed E-state index contributed by atoms with van der Waals surface area (Å²) in [6.45, 7) is 6.23. The predicted molar refractivity (Wildman–Crippen MR) is 84.3 cm³/mol. The van der Waals surface area contributed by atoms with Gasteiger partial charge in [0.1, 0.15) is 0 Å². The molecule has 0 amide bonds. The molecular weight excluding hydrogens is 260 g/mol. The Kier molecular flexibility index (Phi) is 3.57. The quantitative estimate of drug-likeness (QED) is 0.855. The molecule has 4 nitrogen and oxygen atoms in total. The molecular formula is C17H26N4. The normalized spacial score (nSPS) is 30.8. The summed E-state index contributed by atoms with van der Waals surface area (Å²) in [4.78, 5) is 14.0. The van der Waals surface area contributed by atoms with Crippen LogP contribution in [0.3, 0.4) is 0 Å². The molecule has 1 aromatic rings. The molecule has 0 unspecified atom stereocenters. The first-order valence-electron chi connectivity index (χ1n) is 8.57. The van der Waals surface area contributed by atoms with Crippen molar-refractivity contribution in [2.45, 2.75) is 38.5 Å². The average molecular weight is 286 g/mol. The van der Waals surface area contributed by atoms with Gasteiger partial charge in [-0.15, -0.1) is 0 Å². The minimum absolute atomic E-state index is 0.501. The van der Waals surface area contributed by atoms with E-state index in [2.05, 4.69) is 19.8 Å². The summed E-state index contributed by atoms with van der Waals surface area (Å²) in [5, 5.41) is 0. The van der Waals surface area contributed by atoms with Crippen molar-refractivity contribution in [1.82, 2.24) is 14.9 Å². The number of nitrogens with zero attached hydrogens (tertiary/aromatic N) is 4. The molecule has 2 saturated heterocycles. The van der Waals surface area contributed by atoms with Crippen LogP contribution in [0.25, 0.3) is 0 Å². The molecule has 3 fully saturated rings. The van der Waals surface area contributed by atoms with Crippen LogP contribution in [0.2, 0.25) is 0 Å². The monoisotopic (exact) mass is 286 g/mol. The molecule has 1 spiro atoms. The largest absolute Gasteiger partial charge is 0.340 e. The van der Waals surface area contributed by atoms with Gasteiger partial charge in [-0.3, -0.25) is 0 Å². The first-order chi connectivity index (χ1) is 10.3. The SMILES string of the molecule is c1cnc(N2CCC[C@@]3(CCN(CC4CCC4)C3)C2)nc1. The standard InChI is InChI=1S/C17H26N4/c1-4-15(5-1)12-20-11-7-17(13-20)6-2-10-21(14-17)16-18-8-3-9-19-16/h3,8-9,15H,1-2,4-7,10-14H2/t17-/m0/s1. The van der Waals surface area contributed by atoms with E-state index in [4.69, 9.17) is 0 Å².